The zero-order chi connectivity index (χ0) is 9.42. The van der Waals surface area contributed by atoms with Crippen LogP contribution in [0, 0.1) is 18.3 Å². The van der Waals surface area contributed by atoms with Crippen molar-refractivity contribution in [3.05, 3.63) is 33.1 Å². The van der Waals surface area contributed by atoms with Crippen LogP contribution in [-0.4, -0.2) is 0 Å². The highest BCUT2D eigenvalue weighted by Crippen LogP contribution is 2.36. The van der Waals surface area contributed by atoms with Crippen molar-refractivity contribution in [2.45, 2.75) is 6.92 Å². The fourth-order valence-corrected chi connectivity index (χ4v) is 3.05. The fourth-order valence-electron chi connectivity index (χ4n) is 1.30. The topological polar surface area (TPSA) is 23.8 Å². The molecule has 2 rings (SSSR count). The molecule has 1 nitrogen and oxygen atoms in total. The van der Waals surface area contributed by atoms with Gasteiger partial charge in [-0.1, -0.05) is 18.2 Å². The molecule has 0 unspecified atom stereocenters. The summed E-state index contributed by atoms with van der Waals surface area (Å²) in [5.41, 5.74) is 1.23. The summed E-state index contributed by atoms with van der Waals surface area (Å²) in [6.45, 7) is 2.06. The van der Waals surface area contributed by atoms with Crippen LogP contribution in [0.4, 0.5) is 0 Å². The molecular weight excluding hydrogens is 246 g/mol. The first-order chi connectivity index (χ1) is 6.24. The Morgan fingerprint density at radius 1 is 1.46 bits per heavy atom. The van der Waals surface area contributed by atoms with Crippen LogP contribution in [0.15, 0.2) is 22.7 Å². The van der Waals surface area contributed by atoms with Gasteiger partial charge in [0.15, 0.2) is 0 Å². The summed E-state index contributed by atoms with van der Waals surface area (Å²) in [7, 11) is 0. The Balaban J connectivity index is 2.94. The molecule has 0 atom stereocenters. The lowest BCUT2D eigenvalue weighted by atomic mass is 10.2. The van der Waals surface area contributed by atoms with Crippen molar-refractivity contribution in [2.75, 3.05) is 0 Å². The van der Waals surface area contributed by atoms with E-state index in [0.717, 1.165) is 14.7 Å². The number of thiophene rings is 1. The first-order valence-electron chi connectivity index (χ1n) is 3.81. The number of benzene rings is 1. The Morgan fingerprint density at radius 2 is 2.23 bits per heavy atom. The van der Waals surface area contributed by atoms with Gasteiger partial charge < -0.3 is 0 Å². The van der Waals surface area contributed by atoms with Crippen LogP contribution in [0.5, 0.6) is 0 Å². The van der Waals surface area contributed by atoms with Crippen molar-refractivity contribution >= 4 is 37.4 Å². The Hall–Kier alpha value is -0.850. The zero-order valence-corrected chi connectivity index (χ0v) is 9.37. The van der Waals surface area contributed by atoms with E-state index >= 15 is 0 Å². The molecule has 1 heterocycles. The summed E-state index contributed by atoms with van der Waals surface area (Å²) in [6.07, 6.45) is 0. The summed E-state index contributed by atoms with van der Waals surface area (Å²) in [6, 6.07) is 8.29. The van der Waals surface area contributed by atoms with Gasteiger partial charge in [0.05, 0.1) is 4.47 Å². The average molecular weight is 252 g/mol. The van der Waals surface area contributed by atoms with Crippen molar-refractivity contribution < 1.29 is 0 Å². The molecule has 0 bridgehead atoms. The van der Waals surface area contributed by atoms with E-state index in [4.69, 9.17) is 5.26 Å². The molecule has 13 heavy (non-hydrogen) atoms. The fraction of sp³-hybridized carbons (Fsp3) is 0.100. The number of rotatable bonds is 0. The van der Waals surface area contributed by atoms with Crippen LogP contribution in [-0.2, 0) is 0 Å². The molecule has 0 aliphatic heterocycles. The summed E-state index contributed by atoms with van der Waals surface area (Å²) in [4.78, 5) is 0.754. The van der Waals surface area contributed by atoms with E-state index < -0.39 is 0 Å². The number of hydrogen-bond donors (Lipinski definition) is 0. The molecular formula is C10H6BrNS. The van der Waals surface area contributed by atoms with E-state index in [9.17, 15) is 0 Å². The zero-order valence-electron chi connectivity index (χ0n) is 6.97. The monoisotopic (exact) mass is 251 g/mol. The maximum atomic E-state index is 8.84. The van der Waals surface area contributed by atoms with Crippen molar-refractivity contribution in [2.24, 2.45) is 0 Å². The molecule has 0 fully saturated rings. The van der Waals surface area contributed by atoms with E-state index in [0.29, 0.717) is 0 Å². The second-order valence-corrected chi connectivity index (χ2v) is 4.62. The number of hydrogen-bond acceptors (Lipinski definition) is 2. The van der Waals surface area contributed by atoms with Crippen LogP contribution in [0.3, 0.4) is 0 Å². The number of halogens is 1. The Bertz CT molecular complexity index is 507. The van der Waals surface area contributed by atoms with Gasteiger partial charge >= 0.3 is 0 Å². The van der Waals surface area contributed by atoms with Crippen molar-refractivity contribution in [3.8, 4) is 6.07 Å². The molecule has 1 aromatic heterocycles. The van der Waals surface area contributed by atoms with Crippen LogP contribution < -0.4 is 0 Å². The smallest absolute Gasteiger partial charge is 0.120 e. The highest BCUT2D eigenvalue weighted by molar-refractivity contribution is 9.10. The highest BCUT2D eigenvalue weighted by atomic mass is 79.9. The summed E-state index contributed by atoms with van der Waals surface area (Å²) >= 11 is 4.98. The maximum absolute atomic E-state index is 8.84. The number of nitrogens with zero attached hydrogens (tertiary/aromatic N) is 1. The van der Waals surface area contributed by atoms with Gasteiger partial charge in [0, 0.05) is 10.1 Å². The molecule has 0 aliphatic carbocycles. The van der Waals surface area contributed by atoms with E-state index in [2.05, 4.69) is 35.0 Å². The van der Waals surface area contributed by atoms with Crippen molar-refractivity contribution in [3.63, 3.8) is 0 Å². The third-order valence-corrected chi connectivity index (χ3v) is 4.29. The molecule has 0 aliphatic rings. The van der Waals surface area contributed by atoms with Crippen molar-refractivity contribution in [1.29, 1.82) is 5.26 Å². The van der Waals surface area contributed by atoms with Gasteiger partial charge in [-0.2, -0.15) is 5.26 Å². The van der Waals surface area contributed by atoms with E-state index in [1.807, 2.05) is 12.1 Å². The second-order valence-electron chi connectivity index (χ2n) is 2.81. The van der Waals surface area contributed by atoms with Gasteiger partial charge in [-0.05, 0) is 28.4 Å². The predicted octanol–water partition coefficient (Wildman–Crippen LogP) is 3.84. The van der Waals surface area contributed by atoms with Crippen LogP contribution in [0.25, 0.3) is 10.1 Å². The van der Waals surface area contributed by atoms with Gasteiger partial charge in [-0.25, -0.2) is 0 Å². The molecule has 0 amide bonds. The maximum Gasteiger partial charge on any atom is 0.120 e. The molecule has 3 heteroatoms. The minimum atomic E-state index is 0.754. The first-order valence-corrected chi connectivity index (χ1v) is 5.42. The van der Waals surface area contributed by atoms with E-state index in [-0.39, 0.29) is 0 Å². The normalized spacial score (nSPS) is 10.2. The lowest BCUT2D eigenvalue weighted by molar-refractivity contribution is 1.52. The van der Waals surface area contributed by atoms with Crippen LogP contribution in [0.1, 0.15) is 10.4 Å². The van der Waals surface area contributed by atoms with Crippen molar-refractivity contribution in [1.82, 2.24) is 0 Å². The lowest BCUT2D eigenvalue weighted by Crippen LogP contribution is -1.69. The molecule has 1 aromatic carbocycles. The standard InChI is InChI=1S/C10H6BrNS/c1-6-3-2-4-7-9(11)8(5-12)13-10(6)7/h2-4H,1H3. The number of nitriles is 1. The third-order valence-electron chi connectivity index (χ3n) is 1.95. The average Bonchev–Trinajstić information content (AvgIpc) is 2.45. The quantitative estimate of drug-likeness (QED) is 0.698. The Labute approximate surface area is 88.7 Å². The van der Waals surface area contributed by atoms with Gasteiger partial charge in [-0.15, -0.1) is 11.3 Å². The molecule has 0 spiro atoms. The van der Waals surface area contributed by atoms with E-state index in [1.165, 1.54) is 10.3 Å². The lowest BCUT2D eigenvalue weighted by Gasteiger charge is -1.92. The number of fused-ring (bicyclic) bond motifs is 1. The van der Waals surface area contributed by atoms with Gasteiger partial charge in [0.1, 0.15) is 10.9 Å². The van der Waals surface area contributed by atoms with Crippen LogP contribution >= 0.6 is 27.3 Å². The van der Waals surface area contributed by atoms with Gasteiger partial charge in [0.2, 0.25) is 0 Å². The van der Waals surface area contributed by atoms with E-state index in [1.54, 1.807) is 11.3 Å². The summed E-state index contributed by atoms with van der Waals surface area (Å²) in [5.74, 6) is 0. The minimum absolute atomic E-state index is 0.754. The Morgan fingerprint density at radius 3 is 2.85 bits per heavy atom. The third kappa shape index (κ3) is 1.27. The largest absolute Gasteiger partial charge is 0.191 e. The summed E-state index contributed by atoms with van der Waals surface area (Å²) in [5, 5.41) is 9.98. The molecule has 64 valence electrons. The summed E-state index contributed by atoms with van der Waals surface area (Å²) < 4.78 is 2.13. The Kier molecular flexibility index (Phi) is 2.10. The number of aryl methyl sites for hydroxylation is 1. The molecule has 2 aromatic rings. The second kappa shape index (κ2) is 3.13. The molecule has 0 radical (unpaired) electrons. The minimum Gasteiger partial charge on any atom is -0.191 e. The van der Waals surface area contributed by atoms with Crippen LogP contribution in [0.2, 0.25) is 0 Å². The van der Waals surface area contributed by atoms with Gasteiger partial charge in [0.25, 0.3) is 0 Å². The molecule has 0 saturated heterocycles. The highest BCUT2D eigenvalue weighted by Gasteiger charge is 2.09. The molecule has 0 N–H and O–H groups in total. The first kappa shape index (κ1) is 8.74. The SMILES string of the molecule is Cc1cccc2c(Br)c(C#N)sc12. The molecule has 0 saturated carbocycles. The predicted molar refractivity (Wildman–Crippen MR) is 59.0 cm³/mol. The van der Waals surface area contributed by atoms with Gasteiger partial charge in [-0.3, -0.25) is 0 Å².